The highest BCUT2D eigenvalue weighted by Crippen LogP contribution is 2.43. The summed E-state index contributed by atoms with van der Waals surface area (Å²) in [6, 6.07) is 13.2. The van der Waals surface area contributed by atoms with Crippen molar-refractivity contribution in [2.24, 2.45) is 0 Å². The summed E-state index contributed by atoms with van der Waals surface area (Å²) in [6.45, 7) is 1.96. The first kappa shape index (κ1) is 22.5. The van der Waals surface area contributed by atoms with Gasteiger partial charge in [0.25, 0.3) is 0 Å². The quantitative estimate of drug-likeness (QED) is 0.530. The average Bonchev–Trinajstić information content (AvgIpc) is 3.18. The number of ketones is 1. The fourth-order valence-corrected chi connectivity index (χ4v) is 4.41. The van der Waals surface area contributed by atoms with Crippen molar-refractivity contribution < 1.29 is 28.5 Å². The maximum Gasteiger partial charge on any atom is 0.355 e. The van der Waals surface area contributed by atoms with Gasteiger partial charge in [0.15, 0.2) is 17.3 Å². The van der Waals surface area contributed by atoms with E-state index in [4.69, 9.17) is 18.9 Å². The van der Waals surface area contributed by atoms with Gasteiger partial charge in [-0.25, -0.2) is 4.79 Å². The fraction of sp³-hybridized carbons (Fsp3) is 0.308. The maximum atomic E-state index is 13.1. The number of H-pyrrole nitrogens is 1. The molecule has 1 aliphatic rings. The molecular weight excluding hydrogens is 422 g/mol. The monoisotopic (exact) mass is 449 g/mol. The highest BCUT2D eigenvalue weighted by Gasteiger charge is 2.33. The summed E-state index contributed by atoms with van der Waals surface area (Å²) < 4.78 is 21.8. The Balaban J connectivity index is 1.59. The Hall–Kier alpha value is -3.74. The third-order valence-corrected chi connectivity index (χ3v) is 6.06. The highest BCUT2D eigenvalue weighted by atomic mass is 16.5. The van der Waals surface area contributed by atoms with Crippen molar-refractivity contribution in [3.8, 4) is 17.2 Å². The molecule has 33 heavy (non-hydrogen) atoms. The number of Topliss-reactive ketones (excluding diaryl/α,β-unsaturated/α-hetero) is 1. The van der Waals surface area contributed by atoms with Crippen molar-refractivity contribution >= 4 is 11.8 Å². The number of aromatic nitrogens is 1. The maximum absolute atomic E-state index is 13.1. The van der Waals surface area contributed by atoms with Crippen LogP contribution in [0, 0.1) is 6.92 Å². The molecule has 3 aromatic rings. The number of hydrogen-bond donors (Lipinski definition) is 1. The number of carbonyl (C=O) groups is 2. The lowest BCUT2D eigenvalue weighted by atomic mass is 9.81. The molecular formula is C26H27NO6. The van der Waals surface area contributed by atoms with Gasteiger partial charge in [-0.3, -0.25) is 4.79 Å². The van der Waals surface area contributed by atoms with Crippen LogP contribution < -0.4 is 14.2 Å². The van der Waals surface area contributed by atoms with Gasteiger partial charge in [0.2, 0.25) is 5.75 Å². The van der Waals surface area contributed by atoms with Crippen LogP contribution in [0.15, 0.2) is 42.5 Å². The van der Waals surface area contributed by atoms with Gasteiger partial charge >= 0.3 is 5.97 Å². The predicted octanol–water partition coefficient (Wildman–Crippen LogP) is 4.62. The fourth-order valence-electron chi connectivity index (χ4n) is 4.41. The number of aromatic amines is 1. The van der Waals surface area contributed by atoms with Crippen molar-refractivity contribution in [2.45, 2.75) is 32.3 Å². The van der Waals surface area contributed by atoms with E-state index >= 15 is 0 Å². The van der Waals surface area contributed by atoms with Crippen molar-refractivity contribution in [3.05, 3.63) is 76.1 Å². The first-order chi connectivity index (χ1) is 16.0. The minimum absolute atomic E-state index is 0.00846. The Labute approximate surface area is 192 Å². The Morgan fingerprint density at radius 1 is 1.00 bits per heavy atom. The molecule has 7 heteroatoms. The first-order valence-corrected chi connectivity index (χ1v) is 10.7. The molecule has 1 aromatic heterocycles. The van der Waals surface area contributed by atoms with Crippen molar-refractivity contribution in [1.82, 2.24) is 4.98 Å². The molecule has 0 amide bonds. The second kappa shape index (κ2) is 9.40. The summed E-state index contributed by atoms with van der Waals surface area (Å²) in [6.07, 6.45) is 0.898. The van der Waals surface area contributed by atoms with Crippen LogP contribution in [0.4, 0.5) is 0 Å². The number of nitrogens with one attached hydrogen (secondary N) is 1. The van der Waals surface area contributed by atoms with Crippen LogP contribution in [-0.4, -0.2) is 38.1 Å². The molecule has 0 spiro atoms. The van der Waals surface area contributed by atoms with Crippen LogP contribution in [-0.2, 0) is 17.8 Å². The first-order valence-electron chi connectivity index (χ1n) is 10.7. The summed E-state index contributed by atoms with van der Waals surface area (Å²) in [5.74, 6) is 1.01. The smallest absolute Gasteiger partial charge is 0.355 e. The molecule has 1 unspecified atom stereocenters. The Bertz CT molecular complexity index is 1160. The number of benzene rings is 2. The van der Waals surface area contributed by atoms with Crippen molar-refractivity contribution in [2.75, 3.05) is 21.3 Å². The number of fused-ring (bicyclic) bond motifs is 1. The molecule has 1 aliphatic carbocycles. The van der Waals surface area contributed by atoms with E-state index in [9.17, 15) is 9.59 Å². The number of carbonyl (C=O) groups excluding carboxylic acids is 2. The number of esters is 1. The van der Waals surface area contributed by atoms with Crippen molar-refractivity contribution in [1.29, 1.82) is 0 Å². The zero-order valence-corrected chi connectivity index (χ0v) is 19.2. The zero-order chi connectivity index (χ0) is 23.5. The molecule has 0 bridgehead atoms. The lowest BCUT2D eigenvalue weighted by Crippen LogP contribution is -2.19. The lowest BCUT2D eigenvalue weighted by Gasteiger charge is -2.24. The largest absolute Gasteiger partial charge is 0.493 e. The molecule has 1 heterocycles. The van der Waals surface area contributed by atoms with Gasteiger partial charge in [-0.1, -0.05) is 30.3 Å². The lowest BCUT2D eigenvalue weighted by molar-refractivity contribution is 0.0465. The summed E-state index contributed by atoms with van der Waals surface area (Å²) in [4.78, 5) is 29.0. The van der Waals surface area contributed by atoms with Gasteiger partial charge in [0.05, 0.1) is 21.3 Å². The molecule has 0 saturated carbocycles. The van der Waals surface area contributed by atoms with Gasteiger partial charge in [-0.05, 0) is 48.1 Å². The minimum atomic E-state index is -0.470. The van der Waals surface area contributed by atoms with Crippen LogP contribution in [0.5, 0.6) is 17.2 Å². The standard InChI is InChI=1S/C26H27NO6/c1-15-23-19(27-24(15)26(29)33-14-16-8-6-5-7-9-16)10-17(11-20(23)28)18-12-21(30-2)25(32-4)22(13-18)31-3/h5-9,12-13,17,27H,10-11,14H2,1-4H3. The number of hydrogen-bond acceptors (Lipinski definition) is 6. The summed E-state index contributed by atoms with van der Waals surface area (Å²) in [5, 5.41) is 0. The highest BCUT2D eigenvalue weighted by molar-refractivity contribution is 6.03. The van der Waals surface area contributed by atoms with E-state index in [0.29, 0.717) is 46.9 Å². The third kappa shape index (κ3) is 4.31. The van der Waals surface area contributed by atoms with Crippen LogP contribution in [0.25, 0.3) is 0 Å². The number of ether oxygens (including phenoxy) is 4. The molecule has 0 aliphatic heterocycles. The minimum Gasteiger partial charge on any atom is -0.493 e. The molecule has 0 radical (unpaired) electrons. The van der Waals surface area contributed by atoms with Gasteiger partial charge in [-0.2, -0.15) is 0 Å². The molecule has 7 nitrogen and oxygen atoms in total. The van der Waals surface area contributed by atoms with Gasteiger partial charge in [-0.15, -0.1) is 0 Å². The average molecular weight is 450 g/mol. The summed E-state index contributed by atoms with van der Waals surface area (Å²) in [7, 11) is 4.68. The van der Waals surface area contributed by atoms with Gasteiger partial charge < -0.3 is 23.9 Å². The number of rotatable bonds is 7. The molecule has 0 fully saturated rings. The molecule has 0 saturated heterocycles. The van der Waals surface area contributed by atoms with Crippen LogP contribution in [0.2, 0.25) is 0 Å². The Kier molecular flexibility index (Phi) is 6.40. The summed E-state index contributed by atoms with van der Waals surface area (Å²) in [5.41, 5.74) is 4.10. The summed E-state index contributed by atoms with van der Waals surface area (Å²) >= 11 is 0. The second-order valence-corrected chi connectivity index (χ2v) is 8.03. The van der Waals surface area contributed by atoms with E-state index in [-0.39, 0.29) is 18.3 Å². The van der Waals surface area contributed by atoms with E-state index in [1.807, 2.05) is 42.5 Å². The van der Waals surface area contributed by atoms with Gasteiger partial charge in [0, 0.05) is 17.7 Å². The van der Waals surface area contributed by atoms with E-state index in [1.165, 1.54) is 0 Å². The number of methoxy groups -OCH3 is 3. The Morgan fingerprint density at radius 2 is 1.67 bits per heavy atom. The van der Waals surface area contributed by atoms with Crippen LogP contribution >= 0.6 is 0 Å². The Morgan fingerprint density at radius 3 is 2.27 bits per heavy atom. The molecule has 1 atom stereocenters. The molecule has 1 N–H and O–H groups in total. The third-order valence-electron chi connectivity index (χ3n) is 6.06. The second-order valence-electron chi connectivity index (χ2n) is 8.03. The van der Waals surface area contributed by atoms with E-state index < -0.39 is 5.97 Å². The normalized spacial score (nSPS) is 15.0. The molecule has 172 valence electrons. The van der Waals surface area contributed by atoms with E-state index in [0.717, 1.165) is 16.8 Å². The van der Waals surface area contributed by atoms with Crippen LogP contribution in [0.1, 0.15) is 55.6 Å². The van der Waals surface area contributed by atoms with E-state index in [2.05, 4.69) is 4.98 Å². The predicted molar refractivity (Wildman–Crippen MR) is 123 cm³/mol. The molecule has 2 aromatic carbocycles. The zero-order valence-electron chi connectivity index (χ0n) is 19.2. The molecule has 4 rings (SSSR count). The van der Waals surface area contributed by atoms with Crippen LogP contribution in [0.3, 0.4) is 0 Å². The SMILES string of the molecule is COc1cc(C2CC(=O)c3c([nH]c(C(=O)OCc4ccccc4)c3C)C2)cc(OC)c1OC. The van der Waals surface area contributed by atoms with Crippen molar-refractivity contribution in [3.63, 3.8) is 0 Å². The van der Waals surface area contributed by atoms with E-state index in [1.54, 1.807) is 28.3 Å². The van der Waals surface area contributed by atoms with Gasteiger partial charge in [0.1, 0.15) is 12.3 Å². The topological polar surface area (TPSA) is 86.9 Å².